The second kappa shape index (κ2) is 6.53. The molecular formula is C11H17F3O. The van der Waals surface area contributed by atoms with Crippen LogP contribution >= 0.6 is 0 Å². The Bertz CT molecular complexity index is 216. The van der Waals surface area contributed by atoms with Gasteiger partial charge in [-0.3, -0.25) is 0 Å². The molecule has 0 rings (SSSR count). The first-order chi connectivity index (χ1) is 6.81. The molecule has 0 saturated carbocycles. The Morgan fingerprint density at radius 1 is 1.33 bits per heavy atom. The molecule has 0 N–H and O–H groups in total. The van der Waals surface area contributed by atoms with Gasteiger partial charge < -0.3 is 4.74 Å². The maximum atomic E-state index is 11.7. The third-order valence-electron chi connectivity index (χ3n) is 1.62. The molecule has 0 unspecified atom stereocenters. The smallest absolute Gasteiger partial charge is 0.411 e. The molecule has 15 heavy (non-hydrogen) atoms. The number of ether oxygens (including phenoxy) is 1. The Labute approximate surface area is 88.6 Å². The van der Waals surface area contributed by atoms with E-state index in [1.807, 2.05) is 12.2 Å². The maximum Gasteiger partial charge on any atom is 0.572 e. The lowest BCUT2D eigenvalue weighted by Gasteiger charge is -2.09. The molecule has 0 aliphatic heterocycles. The van der Waals surface area contributed by atoms with Crippen molar-refractivity contribution in [3.63, 3.8) is 0 Å². The summed E-state index contributed by atoms with van der Waals surface area (Å²) in [6.45, 7) is 7.36. The Kier molecular flexibility index (Phi) is 6.13. The standard InChI is InChI=1S/C11H17F3O/c1-9(2)7-5-4-6-8-10(3)15-11(12,13)14/h4-5,9H,3,6-8H2,1-2H3. The molecule has 0 fully saturated rings. The maximum absolute atomic E-state index is 11.7. The van der Waals surface area contributed by atoms with Gasteiger partial charge >= 0.3 is 6.36 Å². The lowest BCUT2D eigenvalue weighted by molar-refractivity contribution is -0.306. The van der Waals surface area contributed by atoms with Crippen molar-refractivity contribution in [3.8, 4) is 0 Å². The molecule has 0 saturated heterocycles. The van der Waals surface area contributed by atoms with Crippen molar-refractivity contribution in [1.82, 2.24) is 0 Å². The van der Waals surface area contributed by atoms with Gasteiger partial charge in [-0.05, 0) is 18.8 Å². The Morgan fingerprint density at radius 2 is 1.93 bits per heavy atom. The van der Waals surface area contributed by atoms with Gasteiger partial charge in [-0.1, -0.05) is 32.6 Å². The number of rotatable bonds is 6. The van der Waals surface area contributed by atoms with Crippen LogP contribution in [0, 0.1) is 5.92 Å². The van der Waals surface area contributed by atoms with E-state index in [0.29, 0.717) is 12.3 Å². The predicted octanol–water partition coefficient (Wildman–Crippen LogP) is 4.42. The summed E-state index contributed by atoms with van der Waals surface area (Å²) in [5.74, 6) is 0.326. The van der Waals surface area contributed by atoms with Crippen LogP contribution in [0.4, 0.5) is 13.2 Å². The SMILES string of the molecule is C=C(CCC=CCC(C)C)OC(F)(F)F. The fraction of sp³-hybridized carbons (Fsp3) is 0.636. The van der Waals surface area contributed by atoms with E-state index in [2.05, 4.69) is 25.2 Å². The van der Waals surface area contributed by atoms with E-state index in [1.54, 1.807) is 0 Å². The van der Waals surface area contributed by atoms with Gasteiger partial charge in [0.15, 0.2) is 0 Å². The summed E-state index contributed by atoms with van der Waals surface area (Å²) in [4.78, 5) is 0. The molecule has 0 atom stereocenters. The molecule has 0 aliphatic carbocycles. The van der Waals surface area contributed by atoms with Gasteiger partial charge in [-0.2, -0.15) is 0 Å². The largest absolute Gasteiger partial charge is 0.572 e. The zero-order valence-electron chi connectivity index (χ0n) is 9.10. The minimum Gasteiger partial charge on any atom is -0.411 e. The van der Waals surface area contributed by atoms with Crippen LogP contribution in [-0.4, -0.2) is 6.36 Å². The Morgan fingerprint density at radius 3 is 2.40 bits per heavy atom. The second-order valence-corrected chi connectivity index (χ2v) is 3.73. The number of hydrogen-bond donors (Lipinski definition) is 0. The normalized spacial score (nSPS) is 12.4. The summed E-state index contributed by atoms with van der Waals surface area (Å²) >= 11 is 0. The Hall–Kier alpha value is -0.930. The average Bonchev–Trinajstić information content (AvgIpc) is 1.99. The average molecular weight is 222 g/mol. The van der Waals surface area contributed by atoms with Crippen LogP contribution in [0.3, 0.4) is 0 Å². The molecule has 0 amide bonds. The number of alkyl halides is 3. The summed E-state index contributed by atoms with van der Waals surface area (Å²) in [7, 11) is 0. The van der Waals surface area contributed by atoms with Gasteiger partial charge in [-0.15, -0.1) is 13.2 Å². The van der Waals surface area contributed by atoms with Crippen molar-refractivity contribution in [1.29, 1.82) is 0 Å². The molecule has 0 aromatic heterocycles. The minimum atomic E-state index is -4.61. The van der Waals surface area contributed by atoms with E-state index in [1.165, 1.54) is 0 Å². The molecule has 0 spiro atoms. The number of allylic oxidation sites excluding steroid dienone is 3. The Balaban J connectivity index is 3.60. The molecule has 1 nitrogen and oxygen atoms in total. The summed E-state index contributed by atoms with van der Waals surface area (Å²) < 4.78 is 38.7. The number of hydrogen-bond acceptors (Lipinski definition) is 1. The molecule has 0 aromatic rings. The zero-order chi connectivity index (χ0) is 11.9. The fourth-order valence-corrected chi connectivity index (χ4v) is 0.945. The molecule has 0 aliphatic rings. The van der Waals surface area contributed by atoms with Gasteiger partial charge in [0, 0.05) is 6.42 Å². The van der Waals surface area contributed by atoms with Crippen LogP contribution < -0.4 is 0 Å². The van der Waals surface area contributed by atoms with Gasteiger partial charge in [0.2, 0.25) is 0 Å². The van der Waals surface area contributed by atoms with Gasteiger partial charge in [0.25, 0.3) is 0 Å². The van der Waals surface area contributed by atoms with Crippen LogP contribution in [0.5, 0.6) is 0 Å². The highest BCUT2D eigenvalue weighted by Crippen LogP contribution is 2.22. The highest BCUT2D eigenvalue weighted by molar-refractivity contribution is 4.90. The van der Waals surface area contributed by atoms with E-state index in [-0.39, 0.29) is 12.2 Å². The van der Waals surface area contributed by atoms with Crippen molar-refractivity contribution < 1.29 is 17.9 Å². The first-order valence-electron chi connectivity index (χ1n) is 4.90. The van der Waals surface area contributed by atoms with Crippen LogP contribution in [0.25, 0.3) is 0 Å². The molecule has 0 radical (unpaired) electrons. The summed E-state index contributed by atoms with van der Waals surface area (Å²) in [6.07, 6.45) is 0.873. The van der Waals surface area contributed by atoms with Crippen molar-refractivity contribution in [2.45, 2.75) is 39.5 Å². The molecular weight excluding hydrogens is 205 g/mol. The first-order valence-corrected chi connectivity index (χ1v) is 4.90. The van der Waals surface area contributed by atoms with Crippen molar-refractivity contribution >= 4 is 0 Å². The lowest BCUT2D eigenvalue weighted by Crippen LogP contribution is -2.12. The predicted molar refractivity (Wildman–Crippen MR) is 54.1 cm³/mol. The monoisotopic (exact) mass is 222 g/mol. The quantitative estimate of drug-likeness (QED) is 0.477. The molecule has 0 aromatic carbocycles. The topological polar surface area (TPSA) is 9.23 Å². The third-order valence-corrected chi connectivity index (χ3v) is 1.62. The van der Waals surface area contributed by atoms with Crippen LogP contribution in [-0.2, 0) is 4.74 Å². The zero-order valence-corrected chi connectivity index (χ0v) is 9.10. The lowest BCUT2D eigenvalue weighted by atomic mass is 10.1. The van der Waals surface area contributed by atoms with Gasteiger partial charge in [0.05, 0.1) is 5.76 Å². The third kappa shape index (κ3) is 11.0. The van der Waals surface area contributed by atoms with Crippen molar-refractivity contribution in [2.24, 2.45) is 5.92 Å². The van der Waals surface area contributed by atoms with Crippen LogP contribution in [0.1, 0.15) is 33.1 Å². The van der Waals surface area contributed by atoms with Gasteiger partial charge in [0.1, 0.15) is 0 Å². The molecule has 0 heterocycles. The van der Waals surface area contributed by atoms with E-state index in [9.17, 15) is 13.2 Å². The molecule has 4 heteroatoms. The van der Waals surface area contributed by atoms with E-state index in [0.717, 1.165) is 6.42 Å². The first kappa shape index (κ1) is 14.1. The van der Waals surface area contributed by atoms with E-state index in [4.69, 9.17) is 0 Å². The highest BCUT2D eigenvalue weighted by atomic mass is 19.4. The summed E-state index contributed by atoms with van der Waals surface area (Å²) in [5.41, 5.74) is 0. The second-order valence-electron chi connectivity index (χ2n) is 3.73. The number of halogens is 3. The highest BCUT2D eigenvalue weighted by Gasteiger charge is 2.31. The molecule has 88 valence electrons. The van der Waals surface area contributed by atoms with E-state index >= 15 is 0 Å². The summed E-state index contributed by atoms with van der Waals surface area (Å²) in [6, 6.07) is 0. The van der Waals surface area contributed by atoms with Crippen molar-refractivity contribution in [2.75, 3.05) is 0 Å². The van der Waals surface area contributed by atoms with Crippen molar-refractivity contribution in [3.05, 3.63) is 24.5 Å². The van der Waals surface area contributed by atoms with Gasteiger partial charge in [-0.25, -0.2) is 0 Å². The molecule has 0 bridgehead atoms. The van der Waals surface area contributed by atoms with Crippen LogP contribution in [0.15, 0.2) is 24.5 Å². The summed E-state index contributed by atoms with van der Waals surface area (Å²) in [5, 5.41) is 0. The van der Waals surface area contributed by atoms with Crippen LogP contribution in [0.2, 0.25) is 0 Å². The fourth-order valence-electron chi connectivity index (χ4n) is 0.945. The van der Waals surface area contributed by atoms with E-state index < -0.39 is 6.36 Å². The minimum absolute atomic E-state index is 0.202.